The number of fused-ring (bicyclic) bond motifs is 1. The Labute approximate surface area is 75.6 Å². The van der Waals surface area contributed by atoms with Crippen LogP contribution in [0.5, 0.6) is 0 Å². The van der Waals surface area contributed by atoms with E-state index in [1.54, 1.807) is 0 Å². The van der Waals surface area contributed by atoms with Crippen molar-refractivity contribution in [2.24, 2.45) is 0 Å². The molecule has 0 aliphatic rings. The topological polar surface area (TPSA) is 28.7 Å². The molecule has 2 rings (SSSR count). The van der Waals surface area contributed by atoms with Crippen molar-refractivity contribution in [1.82, 2.24) is 9.97 Å². The van der Waals surface area contributed by atoms with Gasteiger partial charge in [0.05, 0.1) is 10.5 Å². The van der Waals surface area contributed by atoms with Gasteiger partial charge in [-0.2, -0.15) is 0 Å². The number of nitrogens with one attached hydrogen (secondary N) is 1. The van der Waals surface area contributed by atoms with Crippen molar-refractivity contribution in [3.8, 4) is 0 Å². The van der Waals surface area contributed by atoms with E-state index in [2.05, 4.69) is 16.9 Å². The Balaban J connectivity index is 2.74. The number of aromatic nitrogens is 2. The van der Waals surface area contributed by atoms with Gasteiger partial charge in [0.1, 0.15) is 11.3 Å². The second kappa shape index (κ2) is 2.79. The van der Waals surface area contributed by atoms with E-state index in [0.29, 0.717) is 5.02 Å². The number of para-hydroxylation sites is 1. The SMILES string of the molecule is CCc1nc2c(Cl)cccc2[nH]1. The summed E-state index contributed by atoms with van der Waals surface area (Å²) in [4.78, 5) is 7.53. The lowest BCUT2D eigenvalue weighted by Gasteiger charge is -1.88. The lowest BCUT2D eigenvalue weighted by atomic mass is 10.3. The number of benzene rings is 1. The van der Waals surface area contributed by atoms with Crippen LogP contribution in [-0.4, -0.2) is 9.97 Å². The van der Waals surface area contributed by atoms with E-state index in [0.717, 1.165) is 23.3 Å². The van der Waals surface area contributed by atoms with Gasteiger partial charge in [-0.1, -0.05) is 24.6 Å². The van der Waals surface area contributed by atoms with Crippen LogP contribution in [0.4, 0.5) is 0 Å². The van der Waals surface area contributed by atoms with Crippen molar-refractivity contribution >= 4 is 22.6 Å². The number of hydrogen-bond acceptors (Lipinski definition) is 1. The van der Waals surface area contributed by atoms with Crippen molar-refractivity contribution in [3.63, 3.8) is 0 Å². The number of imidazole rings is 1. The summed E-state index contributed by atoms with van der Waals surface area (Å²) in [5.74, 6) is 0.984. The molecule has 12 heavy (non-hydrogen) atoms. The molecule has 0 aliphatic carbocycles. The summed E-state index contributed by atoms with van der Waals surface area (Å²) >= 11 is 5.94. The van der Waals surface area contributed by atoms with Gasteiger partial charge in [0.25, 0.3) is 0 Å². The highest BCUT2D eigenvalue weighted by molar-refractivity contribution is 6.34. The van der Waals surface area contributed by atoms with E-state index >= 15 is 0 Å². The third-order valence-corrected chi connectivity index (χ3v) is 2.15. The summed E-state index contributed by atoms with van der Waals surface area (Å²) in [6.45, 7) is 2.06. The summed E-state index contributed by atoms with van der Waals surface area (Å²) in [7, 11) is 0. The van der Waals surface area contributed by atoms with E-state index in [9.17, 15) is 0 Å². The molecule has 1 N–H and O–H groups in total. The molecule has 0 saturated heterocycles. The Morgan fingerprint density at radius 2 is 2.33 bits per heavy atom. The fraction of sp³-hybridized carbons (Fsp3) is 0.222. The monoisotopic (exact) mass is 180 g/mol. The van der Waals surface area contributed by atoms with Crippen molar-refractivity contribution < 1.29 is 0 Å². The van der Waals surface area contributed by atoms with Crippen LogP contribution in [0.25, 0.3) is 11.0 Å². The molecule has 0 aliphatic heterocycles. The maximum atomic E-state index is 5.94. The van der Waals surface area contributed by atoms with Crippen molar-refractivity contribution in [2.75, 3.05) is 0 Å². The molecular weight excluding hydrogens is 172 g/mol. The first kappa shape index (κ1) is 7.62. The molecule has 0 saturated carbocycles. The van der Waals surface area contributed by atoms with Gasteiger partial charge < -0.3 is 4.98 Å². The van der Waals surface area contributed by atoms with Crippen LogP contribution in [0, 0.1) is 0 Å². The van der Waals surface area contributed by atoms with Gasteiger partial charge >= 0.3 is 0 Å². The zero-order chi connectivity index (χ0) is 8.55. The first-order valence-electron chi connectivity index (χ1n) is 3.94. The highest BCUT2D eigenvalue weighted by Crippen LogP contribution is 2.20. The van der Waals surface area contributed by atoms with Crippen molar-refractivity contribution in [3.05, 3.63) is 29.0 Å². The Morgan fingerprint density at radius 3 is 3.00 bits per heavy atom. The van der Waals surface area contributed by atoms with Gasteiger partial charge in [-0.15, -0.1) is 0 Å². The van der Waals surface area contributed by atoms with Gasteiger partial charge in [0, 0.05) is 6.42 Å². The molecule has 62 valence electrons. The average Bonchev–Trinajstić information content (AvgIpc) is 2.49. The van der Waals surface area contributed by atoms with E-state index in [1.165, 1.54) is 0 Å². The van der Waals surface area contributed by atoms with Gasteiger partial charge in [-0.25, -0.2) is 4.98 Å². The highest BCUT2D eigenvalue weighted by Gasteiger charge is 2.02. The van der Waals surface area contributed by atoms with Crippen LogP contribution < -0.4 is 0 Å². The summed E-state index contributed by atoms with van der Waals surface area (Å²) in [5, 5.41) is 0.712. The molecule has 2 nitrogen and oxygen atoms in total. The summed E-state index contributed by atoms with van der Waals surface area (Å²) < 4.78 is 0. The Hall–Kier alpha value is -1.02. The maximum Gasteiger partial charge on any atom is 0.107 e. The normalized spacial score (nSPS) is 10.8. The van der Waals surface area contributed by atoms with Crippen LogP contribution in [0.15, 0.2) is 18.2 Å². The number of aryl methyl sites for hydroxylation is 1. The molecule has 1 aromatic carbocycles. The zero-order valence-electron chi connectivity index (χ0n) is 6.76. The Bertz CT molecular complexity index is 406. The Kier molecular flexibility index (Phi) is 1.77. The molecule has 2 aromatic rings. The molecule has 0 spiro atoms. The summed E-state index contributed by atoms with van der Waals surface area (Å²) in [6.07, 6.45) is 0.908. The quantitative estimate of drug-likeness (QED) is 0.719. The second-order valence-electron chi connectivity index (χ2n) is 2.67. The number of halogens is 1. The minimum Gasteiger partial charge on any atom is -0.342 e. The number of nitrogens with zero attached hydrogens (tertiary/aromatic N) is 1. The number of rotatable bonds is 1. The van der Waals surface area contributed by atoms with Crippen molar-refractivity contribution in [1.29, 1.82) is 0 Å². The first-order valence-corrected chi connectivity index (χ1v) is 4.32. The lowest BCUT2D eigenvalue weighted by Crippen LogP contribution is -1.79. The Morgan fingerprint density at radius 1 is 1.50 bits per heavy atom. The van der Waals surface area contributed by atoms with E-state index in [-0.39, 0.29) is 0 Å². The van der Waals surface area contributed by atoms with Gasteiger partial charge in [-0.3, -0.25) is 0 Å². The lowest BCUT2D eigenvalue weighted by molar-refractivity contribution is 1.00. The molecule has 3 heteroatoms. The minimum absolute atomic E-state index is 0.712. The molecule has 1 heterocycles. The molecule has 1 aromatic heterocycles. The third kappa shape index (κ3) is 1.08. The van der Waals surface area contributed by atoms with Gasteiger partial charge in [0.2, 0.25) is 0 Å². The summed E-state index contributed by atoms with van der Waals surface area (Å²) in [5.41, 5.74) is 1.88. The maximum absolute atomic E-state index is 5.94. The van der Waals surface area contributed by atoms with Crippen LogP contribution in [0.2, 0.25) is 5.02 Å². The van der Waals surface area contributed by atoms with Crippen LogP contribution in [0.1, 0.15) is 12.7 Å². The third-order valence-electron chi connectivity index (χ3n) is 1.85. The predicted octanol–water partition coefficient (Wildman–Crippen LogP) is 2.78. The first-order chi connectivity index (χ1) is 5.81. The molecule has 0 radical (unpaired) electrons. The van der Waals surface area contributed by atoms with E-state index in [1.807, 2.05) is 18.2 Å². The number of aromatic amines is 1. The standard InChI is InChI=1S/C9H9ClN2/c1-2-8-11-7-5-3-4-6(10)9(7)12-8/h3-5H,2H2,1H3,(H,11,12). The fourth-order valence-electron chi connectivity index (χ4n) is 1.22. The number of H-pyrrole nitrogens is 1. The molecular formula is C9H9ClN2. The largest absolute Gasteiger partial charge is 0.342 e. The highest BCUT2D eigenvalue weighted by atomic mass is 35.5. The second-order valence-corrected chi connectivity index (χ2v) is 3.08. The summed E-state index contributed by atoms with van der Waals surface area (Å²) in [6, 6.07) is 5.75. The fourth-order valence-corrected chi connectivity index (χ4v) is 1.43. The molecule has 0 bridgehead atoms. The van der Waals surface area contributed by atoms with Crippen molar-refractivity contribution in [2.45, 2.75) is 13.3 Å². The van der Waals surface area contributed by atoms with Crippen LogP contribution in [-0.2, 0) is 6.42 Å². The smallest absolute Gasteiger partial charge is 0.107 e. The number of hydrogen-bond donors (Lipinski definition) is 1. The van der Waals surface area contributed by atoms with Gasteiger partial charge in [0.15, 0.2) is 0 Å². The van der Waals surface area contributed by atoms with Crippen LogP contribution in [0.3, 0.4) is 0 Å². The molecule has 0 unspecified atom stereocenters. The predicted molar refractivity (Wildman–Crippen MR) is 50.5 cm³/mol. The van der Waals surface area contributed by atoms with E-state index < -0.39 is 0 Å². The van der Waals surface area contributed by atoms with Crippen LogP contribution >= 0.6 is 11.6 Å². The molecule has 0 fully saturated rings. The molecule has 0 atom stereocenters. The zero-order valence-corrected chi connectivity index (χ0v) is 7.52. The van der Waals surface area contributed by atoms with Gasteiger partial charge in [-0.05, 0) is 12.1 Å². The average molecular weight is 181 g/mol. The minimum atomic E-state index is 0.712. The van der Waals surface area contributed by atoms with E-state index in [4.69, 9.17) is 11.6 Å². The molecule has 0 amide bonds.